The third-order valence-electron chi connectivity index (χ3n) is 2.49. The molecule has 0 saturated carbocycles. The van der Waals surface area contributed by atoms with Crippen LogP contribution in [0.4, 0.5) is 5.69 Å². The summed E-state index contributed by atoms with van der Waals surface area (Å²) in [6.07, 6.45) is 1.72. The van der Waals surface area contributed by atoms with Crippen molar-refractivity contribution < 1.29 is 4.79 Å². The molecule has 2 rings (SSSR count). The van der Waals surface area contributed by atoms with Gasteiger partial charge in [-0.25, -0.2) is 4.98 Å². The third-order valence-corrected chi connectivity index (χ3v) is 4.69. The van der Waals surface area contributed by atoms with E-state index in [0.717, 1.165) is 19.7 Å². The van der Waals surface area contributed by atoms with Crippen LogP contribution in [0.2, 0.25) is 0 Å². The molecule has 1 aromatic carbocycles. The fourth-order valence-corrected chi connectivity index (χ4v) is 3.43. The summed E-state index contributed by atoms with van der Waals surface area (Å²) in [5.41, 5.74) is 0.756. The van der Waals surface area contributed by atoms with Crippen molar-refractivity contribution in [3.8, 4) is 0 Å². The van der Waals surface area contributed by atoms with E-state index in [9.17, 15) is 4.79 Å². The van der Waals surface area contributed by atoms with Crippen LogP contribution in [0.5, 0.6) is 0 Å². The maximum Gasteiger partial charge on any atom is 0.237 e. The Balaban J connectivity index is 2.01. The van der Waals surface area contributed by atoms with Crippen LogP contribution in [0.3, 0.4) is 0 Å². The second kappa shape index (κ2) is 7.24. The highest BCUT2D eigenvalue weighted by atomic mass is 79.9. The van der Waals surface area contributed by atoms with Gasteiger partial charge in [0.25, 0.3) is 0 Å². The first-order valence-corrected chi connectivity index (χ1v) is 8.36. The molecule has 0 aliphatic carbocycles. The van der Waals surface area contributed by atoms with Crippen LogP contribution in [0.15, 0.2) is 56.6 Å². The predicted molar refractivity (Wildman–Crippen MR) is 90.0 cm³/mol. The van der Waals surface area contributed by atoms with Crippen molar-refractivity contribution in [3.05, 3.63) is 51.5 Å². The number of hydrogen-bond donors (Lipinski definition) is 1. The van der Waals surface area contributed by atoms with Crippen LogP contribution >= 0.6 is 43.6 Å². The monoisotopic (exact) mass is 414 g/mol. The Hall–Kier alpha value is -0.850. The zero-order chi connectivity index (χ0) is 14.5. The number of carbonyl (C=O) groups excluding carboxylic acids is 1. The summed E-state index contributed by atoms with van der Waals surface area (Å²) < 4.78 is 1.80. The van der Waals surface area contributed by atoms with E-state index in [1.165, 1.54) is 11.8 Å². The highest BCUT2D eigenvalue weighted by Crippen LogP contribution is 2.27. The number of halogens is 2. The second-order valence-corrected chi connectivity index (χ2v) is 7.17. The predicted octanol–water partition coefficient (Wildman–Crippen LogP) is 4.73. The zero-order valence-electron chi connectivity index (χ0n) is 10.6. The number of amides is 1. The van der Waals surface area contributed by atoms with E-state index in [-0.39, 0.29) is 11.2 Å². The molecule has 1 N–H and O–H groups in total. The van der Waals surface area contributed by atoms with Crippen LogP contribution < -0.4 is 5.32 Å². The van der Waals surface area contributed by atoms with Gasteiger partial charge in [-0.1, -0.05) is 33.8 Å². The van der Waals surface area contributed by atoms with Crippen LogP contribution in [0.1, 0.15) is 6.92 Å². The molecule has 1 amide bonds. The molecule has 0 fully saturated rings. The van der Waals surface area contributed by atoms with Crippen molar-refractivity contribution in [2.45, 2.75) is 17.2 Å². The smallest absolute Gasteiger partial charge is 0.237 e. The molecule has 2 aromatic rings. The molecule has 0 bridgehead atoms. The SMILES string of the molecule is CC(Sc1ccccn1)C(=O)Nc1ccc(Br)cc1Br. The van der Waals surface area contributed by atoms with Gasteiger partial charge >= 0.3 is 0 Å². The van der Waals surface area contributed by atoms with Crippen LogP contribution in [-0.4, -0.2) is 16.1 Å². The molecule has 6 heteroatoms. The molecule has 0 radical (unpaired) electrons. The molecular weight excluding hydrogens is 404 g/mol. The number of nitrogens with one attached hydrogen (secondary N) is 1. The standard InChI is InChI=1S/C14H12Br2N2OS/c1-9(20-13-4-2-3-7-17-13)14(19)18-12-6-5-10(15)8-11(12)16/h2-9H,1H3,(H,18,19). The van der Waals surface area contributed by atoms with Crippen LogP contribution in [-0.2, 0) is 4.79 Å². The summed E-state index contributed by atoms with van der Waals surface area (Å²) in [6, 6.07) is 11.3. The molecule has 0 saturated heterocycles. The Kier molecular flexibility index (Phi) is 5.63. The number of rotatable bonds is 4. The highest BCUT2D eigenvalue weighted by molar-refractivity contribution is 9.11. The Morgan fingerprint density at radius 1 is 1.30 bits per heavy atom. The average Bonchev–Trinajstić information content (AvgIpc) is 2.43. The van der Waals surface area contributed by atoms with Crippen molar-refractivity contribution in [1.29, 1.82) is 0 Å². The summed E-state index contributed by atoms with van der Waals surface area (Å²) in [6.45, 7) is 1.86. The van der Waals surface area contributed by atoms with Gasteiger partial charge in [0.05, 0.1) is 16.0 Å². The number of nitrogens with zero attached hydrogens (tertiary/aromatic N) is 1. The summed E-state index contributed by atoms with van der Waals surface area (Å²) in [5.74, 6) is -0.0522. The lowest BCUT2D eigenvalue weighted by molar-refractivity contribution is -0.115. The number of thioether (sulfide) groups is 1. The van der Waals surface area contributed by atoms with E-state index in [2.05, 4.69) is 42.2 Å². The molecule has 104 valence electrons. The molecular formula is C14H12Br2N2OS. The van der Waals surface area contributed by atoms with Crippen LogP contribution in [0.25, 0.3) is 0 Å². The number of hydrogen-bond acceptors (Lipinski definition) is 3. The van der Waals surface area contributed by atoms with Crippen molar-refractivity contribution in [2.24, 2.45) is 0 Å². The minimum Gasteiger partial charge on any atom is -0.324 e. The third kappa shape index (κ3) is 4.33. The number of pyridine rings is 1. The number of carbonyl (C=O) groups is 1. The van der Waals surface area contributed by atoms with Crippen molar-refractivity contribution in [2.75, 3.05) is 5.32 Å². The molecule has 20 heavy (non-hydrogen) atoms. The Labute approximate surface area is 138 Å². The summed E-state index contributed by atoms with van der Waals surface area (Å²) in [7, 11) is 0. The van der Waals surface area contributed by atoms with Crippen LogP contribution in [0, 0.1) is 0 Å². The zero-order valence-corrected chi connectivity index (χ0v) is 14.6. The first-order valence-electron chi connectivity index (χ1n) is 5.90. The van der Waals surface area contributed by atoms with E-state index in [0.29, 0.717) is 0 Å². The molecule has 1 atom stereocenters. The molecule has 0 aliphatic rings. The summed E-state index contributed by atoms with van der Waals surface area (Å²) >= 11 is 8.24. The maximum absolute atomic E-state index is 12.2. The lowest BCUT2D eigenvalue weighted by atomic mass is 10.3. The van der Waals surface area contributed by atoms with E-state index < -0.39 is 0 Å². The van der Waals surface area contributed by atoms with Gasteiger partial charge in [-0.05, 0) is 53.2 Å². The Morgan fingerprint density at radius 2 is 2.10 bits per heavy atom. The van der Waals surface area contributed by atoms with Gasteiger partial charge in [0.1, 0.15) is 0 Å². The lowest BCUT2D eigenvalue weighted by Gasteiger charge is -2.12. The van der Waals surface area contributed by atoms with Crippen molar-refractivity contribution >= 4 is 55.2 Å². The maximum atomic E-state index is 12.2. The van der Waals surface area contributed by atoms with E-state index in [1.807, 2.05) is 43.3 Å². The van der Waals surface area contributed by atoms with Crippen molar-refractivity contribution in [1.82, 2.24) is 4.98 Å². The molecule has 1 unspecified atom stereocenters. The Bertz CT molecular complexity index is 607. The van der Waals surface area contributed by atoms with Gasteiger partial charge in [0, 0.05) is 15.1 Å². The fraction of sp³-hybridized carbons (Fsp3) is 0.143. The molecule has 1 aromatic heterocycles. The normalized spacial score (nSPS) is 11.9. The molecule has 0 spiro atoms. The highest BCUT2D eigenvalue weighted by Gasteiger charge is 2.16. The van der Waals surface area contributed by atoms with E-state index in [1.54, 1.807) is 6.20 Å². The Morgan fingerprint density at radius 3 is 2.75 bits per heavy atom. The fourth-order valence-electron chi connectivity index (χ4n) is 1.48. The van der Waals surface area contributed by atoms with Gasteiger partial charge in [-0.15, -0.1) is 0 Å². The van der Waals surface area contributed by atoms with Gasteiger partial charge in [-0.3, -0.25) is 4.79 Å². The van der Waals surface area contributed by atoms with Gasteiger partial charge in [0.2, 0.25) is 5.91 Å². The minimum absolute atomic E-state index is 0.0522. The van der Waals surface area contributed by atoms with Crippen molar-refractivity contribution in [3.63, 3.8) is 0 Å². The lowest BCUT2D eigenvalue weighted by Crippen LogP contribution is -2.22. The molecule has 1 heterocycles. The van der Waals surface area contributed by atoms with Gasteiger partial charge < -0.3 is 5.32 Å². The first kappa shape index (κ1) is 15.5. The first-order chi connectivity index (χ1) is 9.56. The number of benzene rings is 1. The second-order valence-electron chi connectivity index (χ2n) is 4.04. The molecule has 3 nitrogen and oxygen atoms in total. The van der Waals surface area contributed by atoms with Gasteiger partial charge in [0.15, 0.2) is 0 Å². The van der Waals surface area contributed by atoms with E-state index in [4.69, 9.17) is 0 Å². The minimum atomic E-state index is -0.222. The topological polar surface area (TPSA) is 42.0 Å². The number of anilines is 1. The van der Waals surface area contributed by atoms with E-state index >= 15 is 0 Å². The quantitative estimate of drug-likeness (QED) is 0.734. The molecule has 0 aliphatic heterocycles. The average molecular weight is 416 g/mol. The number of aromatic nitrogens is 1. The summed E-state index contributed by atoms with van der Waals surface area (Å²) in [4.78, 5) is 16.4. The summed E-state index contributed by atoms with van der Waals surface area (Å²) in [5, 5.41) is 3.52. The van der Waals surface area contributed by atoms with Gasteiger partial charge in [-0.2, -0.15) is 0 Å². The largest absolute Gasteiger partial charge is 0.324 e.